The minimum Gasteiger partial charge on any atom is -0.317 e. The molecule has 5 nitrogen and oxygen atoms in total. The van der Waals surface area contributed by atoms with Gasteiger partial charge in [-0.3, -0.25) is 4.79 Å². The van der Waals surface area contributed by atoms with Crippen LogP contribution < -0.4 is 4.72 Å². The lowest BCUT2D eigenvalue weighted by Gasteiger charge is -2.36. The van der Waals surface area contributed by atoms with Crippen LogP contribution in [-0.2, 0) is 14.8 Å². The van der Waals surface area contributed by atoms with E-state index >= 15 is 0 Å². The Morgan fingerprint density at radius 1 is 1.38 bits per heavy atom. The van der Waals surface area contributed by atoms with Gasteiger partial charge in [-0.05, 0) is 48.4 Å². The lowest BCUT2D eigenvalue weighted by Crippen LogP contribution is -2.46. The first-order valence-electron chi connectivity index (χ1n) is 7.70. The first-order valence-corrected chi connectivity index (χ1v) is 9.56. The van der Waals surface area contributed by atoms with Crippen molar-refractivity contribution in [1.29, 1.82) is 0 Å². The highest BCUT2D eigenvalue weighted by Gasteiger charge is 2.48. The van der Waals surface area contributed by atoms with Gasteiger partial charge in [0.15, 0.2) is 0 Å². The number of halogens is 2. The number of rotatable bonds is 5. The minimum atomic E-state index is -4.87. The molecule has 1 aromatic rings. The zero-order valence-electron chi connectivity index (χ0n) is 13.6. The number of hydrogen-bond acceptors (Lipinski definition) is 4. The van der Waals surface area contributed by atoms with E-state index in [1.54, 1.807) is 22.9 Å². The third kappa shape index (κ3) is 4.68. The van der Waals surface area contributed by atoms with E-state index in [2.05, 4.69) is 0 Å². The van der Waals surface area contributed by atoms with E-state index in [1.165, 1.54) is 12.1 Å². The van der Waals surface area contributed by atoms with Crippen molar-refractivity contribution >= 4 is 27.5 Å². The summed E-state index contributed by atoms with van der Waals surface area (Å²) in [5.74, 6) is -0.967. The fourth-order valence-electron chi connectivity index (χ4n) is 2.82. The van der Waals surface area contributed by atoms with Crippen molar-refractivity contribution in [3.05, 3.63) is 35.9 Å². The van der Waals surface area contributed by atoms with E-state index in [9.17, 15) is 17.6 Å². The van der Waals surface area contributed by atoms with Crippen LogP contribution in [0.5, 0.6) is 0 Å². The van der Waals surface area contributed by atoms with Crippen molar-refractivity contribution in [2.24, 2.45) is 5.41 Å². The summed E-state index contributed by atoms with van der Waals surface area (Å²) >= 11 is 5.49. The number of carbonyl (C=O) groups excluding carboxylic acids is 1. The molecule has 134 valence electrons. The van der Waals surface area contributed by atoms with Crippen molar-refractivity contribution in [3.63, 3.8) is 0 Å². The molecule has 1 aliphatic rings. The van der Waals surface area contributed by atoms with E-state index in [-0.39, 0.29) is 11.0 Å². The number of benzene rings is 1. The van der Waals surface area contributed by atoms with Gasteiger partial charge in [-0.25, -0.2) is 4.72 Å². The van der Waals surface area contributed by atoms with Gasteiger partial charge in [-0.1, -0.05) is 38.5 Å². The second-order valence-electron chi connectivity index (χ2n) is 6.76. The average molecular weight is 378 g/mol. The van der Waals surface area contributed by atoms with Crippen LogP contribution in [0.15, 0.2) is 30.3 Å². The molecule has 0 spiro atoms. The van der Waals surface area contributed by atoms with E-state index < -0.39 is 26.7 Å². The van der Waals surface area contributed by atoms with Gasteiger partial charge in [-0.2, -0.15) is 12.8 Å². The van der Waals surface area contributed by atoms with Gasteiger partial charge in [-0.15, -0.1) is 0 Å². The first kappa shape index (κ1) is 19.1. The van der Waals surface area contributed by atoms with Crippen LogP contribution in [0.25, 0.3) is 0 Å². The first-order chi connectivity index (χ1) is 11.0. The van der Waals surface area contributed by atoms with Gasteiger partial charge in [0.05, 0.1) is 6.10 Å². The number of carbonyl (C=O) groups is 1. The number of amides is 1. The highest BCUT2D eigenvalue weighted by Crippen LogP contribution is 2.39. The Hall–Kier alpha value is -1.18. The van der Waals surface area contributed by atoms with Gasteiger partial charge in [0.25, 0.3) is 5.91 Å². The summed E-state index contributed by atoms with van der Waals surface area (Å²) in [5.41, 5.74) is -0.000212. The Bertz CT molecular complexity index is 691. The van der Waals surface area contributed by atoms with Crippen LogP contribution in [-0.4, -0.2) is 25.1 Å². The van der Waals surface area contributed by atoms with Gasteiger partial charge in [0, 0.05) is 5.56 Å². The number of alkyl halides is 2. The lowest BCUT2D eigenvalue weighted by molar-refractivity contribution is -0.0940. The Morgan fingerprint density at radius 2 is 2.00 bits per heavy atom. The molecule has 1 N–H and O–H groups in total. The standard InChI is InChI=1S/C16H21ClFNO4S/c1-15(2)10-6-9-13(11-15)23-16(17,18)24(21,22)19-14(20)12-7-4-3-5-8-12/h3-5,7-8,13H,6,9-11H2,1-2H3,(H,19,20). The van der Waals surface area contributed by atoms with Crippen LogP contribution in [0.3, 0.4) is 0 Å². The second kappa shape index (κ2) is 6.98. The van der Waals surface area contributed by atoms with Crippen LogP contribution >= 0.6 is 11.6 Å². The quantitative estimate of drug-likeness (QED) is 0.796. The molecule has 0 heterocycles. The van der Waals surface area contributed by atoms with E-state index in [0.717, 1.165) is 12.8 Å². The monoisotopic (exact) mass is 377 g/mol. The van der Waals surface area contributed by atoms with E-state index in [0.29, 0.717) is 12.8 Å². The molecule has 0 bridgehead atoms. The molecule has 0 saturated heterocycles. The van der Waals surface area contributed by atoms with Gasteiger partial charge in [0.1, 0.15) is 0 Å². The molecule has 8 heteroatoms. The summed E-state index contributed by atoms with van der Waals surface area (Å²) in [5, 5.41) is 0. The molecule has 0 aliphatic heterocycles. The molecule has 0 radical (unpaired) electrons. The molecule has 1 aliphatic carbocycles. The van der Waals surface area contributed by atoms with Crippen molar-refractivity contribution in [3.8, 4) is 0 Å². The Kier molecular flexibility index (Phi) is 5.57. The molecule has 0 aromatic heterocycles. The molecule has 2 atom stereocenters. The van der Waals surface area contributed by atoms with Crippen LogP contribution in [0.4, 0.5) is 4.39 Å². The fourth-order valence-corrected chi connectivity index (χ4v) is 3.80. The number of sulfonamides is 1. The van der Waals surface area contributed by atoms with Gasteiger partial charge < -0.3 is 4.74 Å². The van der Waals surface area contributed by atoms with Crippen LogP contribution in [0.1, 0.15) is 49.9 Å². The molecular formula is C16H21ClFNO4S. The maximum atomic E-state index is 14.5. The summed E-state index contributed by atoms with van der Waals surface area (Å²) < 4.78 is 41.9. The topological polar surface area (TPSA) is 72.5 Å². The zero-order valence-corrected chi connectivity index (χ0v) is 15.2. The molecule has 1 fully saturated rings. The highest BCUT2D eigenvalue weighted by atomic mass is 35.5. The molecular weight excluding hydrogens is 357 g/mol. The predicted molar refractivity (Wildman–Crippen MR) is 89.6 cm³/mol. The lowest BCUT2D eigenvalue weighted by atomic mass is 9.76. The van der Waals surface area contributed by atoms with Crippen LogP contribution in [0.2, 0.25) is 0 Å². The molecule has 1 saturated carbocycles. The smallest absolute Gasteiger partial charge is 0.317 e. The average Bonchev–Trinajstić information content (AvgIpc) is 2.46. The number of ether oxygens (including phenoxy) is 1. The van der Waals surface area contributed by atoms with E-state index in [1.807, 2.05) is 13.8 Å². The normalized spacial score (nSPS) is 23.2. The largest absolute Gasteiger partial charge is 0.409 e. The Labute approximate surface area is 146 Å². The Morgan fingerprint density at radius 3 is 2.58 bits per heavy atom. The van der Waals surface area contributed by atoms with Crippen LogP contribution in [0, 0.1) is 5.41 Å². The van der Waals surface area contributed by atoms with E-state index in [4.69, 9.17) is 16.3 Å². The second-order valence-corrected chi connectivity index (χ2v) is 9.21. The van der Waals surface area contributed by atoms with Gasteiger partial charge >= 0.3 is 14.7 Å². The molecule has 2 unspecified atom stereocenters. The van der Waals surface area contributed by atoms with Crippen molar-refractivity contribution in [2.45, 2.75) is 50.3 Å². The predicted octanol–water partition coefficient (Wildman–Crippen LogP) is 3.55. The summed E-state index contributed by atoms with van der Waals surface area (Å²) in [6.07, 6.45) is 2.13. The zero-order chi connectivity index (χ0) is 18.0. The minimum absolute atomic E-state index is 0.0762. The fraction of sp³-hybridized carbons (Fsp3) is 0.562. The van der Waals surface area contributed by atoms with Crippen molar-refractivity contribution < 1.29 is 22.3 Å². The summed E-state index contributed by atoms with van der Waals surface area (Å²) in [4.78, 5) is 11.9. The summed E-state index contributed by atoms with van der Waals surface area (Å²) in [7, 11) is -4.87. The van der Waals surface area contributed by atoms with Crippen molar-refractivity contribution in [2.75, 3.05) is 0 Å². The molecule has 1 aromatic carbocycles. The third-order valence-corrected chi connectivity index (χ3v) is 5.91. The third-order valence-electron chi connectivity index (χ3n) is 4.04. The Balaban J connectivity index is 2.08. The van der Waals surface area contributed by atoms with Gasteiger partial charge in [0.2, 0.25) is 0 Å². The maximum Gasteiger partial charge on any atom is 0.409 e. The van der Waals surface area contributed by atoms with Crippen molar-refractivity contribution in [1.82, 2.24) is 4.72 Å². The summed E-state index contributed by atoms with van der Waals surface area (Å²) in [6, 6.07) is 7.60. The summed E-state index contributed by atoms with van der Waals surface area (Å²) in [6.45, 7) is 4.00. The maximum absolute atomic E-state index is 14.5. The number of nitrogens with one attached hydrogen (secondary N) is 1. The number of hydrogen-bond donors (Lipinski definition) is 1. The molecule has 24 heavy (non-hydrogen) atoms. The highest BCUT2D eigenvalue weighted by molar-refractivity contribution is 7.92. The molecule has 1 amide bonds. The SMILES string of the molecule is CC1(C)CCCC(OC(F)(Cl)S(=O)(=O)NC(=O)c2ccccc2)C1. The molecule has 2 rings (SSSR count).